The largest absolute Gasteiger partial charge is 0.435 e. The molecule has 0 aliphatic carbocycles. The van der Waals surface area contributed by atoms with Crippen LogP contribution in [0.1, 0.15) is 12.0 Å². The van der Waals surface area contributed by atoms with Gasteiger partial charge in [0.25, 0.3) is 5.92 Å². The number of hydrogen-bond acceptors (Lipinski definition) is 3. The van der Waals surface area contributed by atoms with Crippen LogP contribution in [0, 0.1) is 0 Å². The van der Waals surface area contributed by atoms with Crippen LogP contribution >= 0.6 is 0 Å². The van der Waals surface area contributed by atoms with E-state index in [9.17, 15) is 22.4 Å². The van der Waals surface area contributed by atoms with Gasteiger partial charge in [-0.1, -0.05) is 12.1 Å². The van der Waals surface area contributed by atoms with Gasteiger partial charge in [-0.2, -0.15) is 8.78 Å². The molecule has 4 nitrogen and oxygen atoms in total. The lowest BCUT2D eigenvalue weighted by Crippen LogP contribution is -2.41. The van der Waals surface area contributed by atoms with Gasteiger partial charge in [-0.25, -0.2) is 8.78 Å². The maximum absolute atomic E-state index is 13.1. The molecule has 1 aliphatic rings. The van der Waals surface area contributed by atoms with Gasteiger partial charge >= 0.3 is 6.61 Å². The van der Waals surface area contributed by atoms with Crippen molar-refractivity contribution in [2.45, 2.75) is 31.5 Å². The molecule has 22 heavy (non-hydrogen) atoms. The second kappa shape index (κ2) is 6.51. The smallest absolute Gasteiger partial charge is 0.387 e. The SMILES string of the molecule is CN(Cc1ccc(OC(F)F)cc1)C(=O)C1CC(F)(F)CN1. The third-order valence-corrected chi connectivity index (χ3v) is 3.35. The normalized spacial score (nSPS) is 20.2. The van der Waals surface area contributed by atoms with Crippen LogP contribution in [-0.4, -0.2) is 43.0 Å². The second-order valence-electron chi connectivity index (χ2n) is 5.21. The zero-order chi connectivity index (χ0) is 16.3. The van der Waals surface area contributed by atoms with Crippen LogP contribution in [0.4, 0.5) is 17.6 Å². The van der Waals surface area contributed by atoms with E-state index < -0.39 is 37.4 Å². The summed E-state index contributed by atoms with van der Waals surface area (Å²) in [6.45, 7) is -3.21. The number of rotatable bonds is 5. The number of halogens is 4. The summed E-state index contributed by atoms with van der Waals surface area (Å²) in [5.41, 5.74) is 0.683. The Morgan fingerprint density at radius 3 is 2.55 bits per heavy atom. The summed E-state index contributed by atoms with van der Waals surface area (Å²) < 4.78 is 54.4. The van der Waals surface area contributed by atoms with Crippen molar-refractivity contribution >= 4 is 5.91 Å². The molecular formula is C14H16F4N2O2. The first kappa shape index (κ1) is 16.5. The van der Waals surface area contributed by atoms with Crippen molar-refractivity contribution in [3.05, 3.63) is 29.8 Å². The van der Waals surface area contributed by atoms with Gasteiger partial charge in [0.2, 0.25) is 5.91 Å². The highest BCUT2D eigenvalue weighted by Crippen LogP contribution is 2.26. The molecule has 2 rings (SSSR count). The Kier molecular flexibility index (Phi) is 4.90. The number of ether oxygens (including phenoxy) is 1. The number of alkyl halides is 4. The van der Waals surface area contributed by atoms with Gasteiger partial charge < -0.3 is 9.64 Å². The molecule has 1 atom stereocenters. The fourth-order valence-corrected chi connectivity index (χ4v) is 2.28. The number of carbonyl (C=O) groups excluding carboxylic acids is 1. The quantitative estimate of drug-likeness (QED) is 0.846. The Labute approximate surface area is 125 Å². The lowest BCUT2D eigenvalue weighted by molar-refractivity contribution is -0.132. The standard InChI is InChI=1S/C14H16F4N2O2/c1-20(12(21)11-6-14(17,18)8-19-11)7-9-2-4-10(5-3-9)22-13(15)16/h2-5,11,13,19H,6-8H2,1H3. The van der Waals surface area contributed by atoms with Gasteiger partial charge in [-0.3, -0.25) is 10.1 Å². The maximum Gasteiger partial charge on any atom is 0.387 e. The third-order valence-electron chi connectivity index (χ3n) is 3.35. The van der Waals surface area contributed by atoms with Crippen LogP contribution in [-0.2, 0) is 11.3 Å². The number of amides is 1. The predicted molar refractivity (Wildman–Crippen MR) is 70.9 cm³/mol. The first-order chi connectivity index (χ1) is 10.3. The number of nitrogens with zero attached hydrogens (tertiary/aromatic N) is 1. The first-order valence-electron chi connectivity index (χ1n) is 6.67. The Morgan fingerprint density at radius 1 is 1.41 bits per heavy atom. The molecule has 8 heteroatoms. The van der Waals surface area contributed by atoms with E-state index in [0.717, 1.165) is 0 Å². The molecule has 0 saturated carbocycles. The molecule has 1 heterocycles. The van der Waals surface area contributed by atoms with E-state index in [1.54, 1.807) is 0 Å². The van der Waals surface area contributed by atoms with E-state index >= 15 is 0 Å². The molecule has 122 valence electrons. The molecule has 1 amide bonds. The van der Waals surface area contributed by atoms with Crippen molar-refractivity contribution in [2.75, 3.05) is 13.6 Å². The fourth-order valence-electron chi connectivity index (χ4n) is 2.28. The summed E-state index contributed by atoms with van der Waals surface area (Å²) in [7, 11) is 1.50. The minimum absolute atomic E-state index is 0.0184. The Morgan fingerprint density at radius 2 is 2.05 bits per heavy atom. The monoisotopic (exact) mass is 320 g/mol. The number of carbonyl (C=O) groups is 1. The molecular weight excluding hydrogens is 304 g/mol. The first-order valence-corrected chi connectivity index (χ1v) is 6.67. The van der Waals surface area contributed by atoms with Gasteiger partial charge in [0.05, 0.1) is 12.6 Å². The molecule has 1 aromatic rings. The van der Waals surface area contributed by atoms with Crippen LogP contribution < -0.4 is 10.1 Å². The lowest BCUT2D eigenvalue weighted by atomic mass is 10.1. The Bertz CT molecular complexity index is 522. The van der Waals surface area contributed by atoms with Gasteiger partial charge in [0, 0.05) is 20.0 Å². The average Bonchev–Trinajstić information content (AvgIpc) is 2.80. The molecule has 1 aliphatic heterocycles. The summed E-state index contributed by atoms with van der Waals surface area (Å²) >= 11 is 0. The molecule has 0 spiro atoms. The van der Waals surface area contributed by atoms with Gasteiger partial charge in [-0.05, 0) is 17.7 Å². The van der Waals surface area contributed by atoms with E-state index in [-0.39, 0.29) is 12.3 Å². The Hall–Kier alpha value is -1.83. The lowest BCUT2D eigenvalue weighted by Gasteiger charge is -2.21. The highest BCUT2D eigenvalue weighted by molar-refractivity contribution is 5.82. The zero-order valence-electron chi connectivity index (χ0n) is 11.9. The maximum atomic E-state index is 13.1. The number of hydrogen-bond donors (Lipinski definition) is 1. The minimum Gasteiger partial charge on any atom is -0.435 e. The highest BCUT2D eigenvalue weighted by atomic mass is 19.3. The topological polar surface area (TPSA) is 41.6 Å². The van der Waals surface area contributed by atoms with Crippen LogP contribution in [0.2, 0.25) is 0 Å². The molecule has 0 bridgehead atoms. The van der Waals surface area contributed by atoms with Crippen molar-refractivity contribution in [2.24, 2.45) is 0 Å². The molecule has 0 aromatic heterocycles. The summed E-state index contributed by atoms with van der Waals surface area (Å²) in [5.74, 6) is -3.27. The summed E-state index contributed by atoms with van der Waals surface area (Å²) in [6, 6.07) is 4.90. The van der Waals surface area contributed by atoms with Crippen molar-refractivity contribution in [3.8, 4) is 5.75 Å². The highest BCUT2D eigenvalue weighted by Gasteiger charge is 2.43. The molecule has 1 fully saturated rings. The van der Waals surface area contributed by atoms with Crippen LogP contribution in [0.5, 0.6) is 5.75 Å². The van der Waals surface area contributed by atoms with Crippen molar-refractivity contribution in [1.29, 1.82) is 0 Å². The average molecular weight is 320 g/mol. The van der Waals surface area contributed by atoms with Crippen molar-refractivity contribution < 1.29 is 27.1 Å². The van der Waals surface area contributed by atoms with E-state index in [2.05, 4.69) is 10.1 Å². The van der Waals surface area contributed by atoms with Crippen LogP contribution in [0.15, 0.2) is 24.3 Å². The summed E-state index contributed by atoms with van der Waals surface area (Å²) in [5, 5.41) is 2.50. The minimum atomic E-state index is -2.90. The molecule has 1 N–H and O–H groups in total. The molecule has 1 saturated heterocycles. The summed E-state index contributed by atoms with van der Waals surface area (Å²) in [4.78, 5) is 13.4. The zero-order valence-corrected chi connectivity index (χ0v) is 11.9. The van der Waals surface area contributed by atoms with Crippen molar-refractivity contribution in [1.82, 2.24) is 10.2 Å². The van der Waals surface area contributed by atoms with Crippen LogP contribution in [0.3, 0.4) is 0 Å². The van der Waals surface area contributed by atoms with Gasteiger partial charge in [-0.15, -0.1) is 0 Å². The molecule has 0 radical (unpaired) electrons. The number of nitrogens with one attached hydrogen (secondary N) is 1. The Balaban J connectivity index is 1.91. The third kappa shape index (κ3) is 4.33. The number of benzene rings is 1. The predicted octanol–water partition coefficient (Wildman–Crippen LogP) is 2.24. The van der Waals surface area contributed by atoms with Crippen LogP contribution in [0.25, 0.3) is 0 Å². The van der Waals surface area contributed by atoms with Crippen molar-refractivity contribution in [3.63, 3.8) is 0 Å². The molecule has 1 unspecified atom stereocenters. The van der Waals surface area contributed by atoms with Gasteiger partial charge in [0.1, 0.15) is 5.75 Å². The van der Waals surface area contributed by atoms with E-state index in [4.69, 9.17) is 0 Å². The fraction of sp³-hybridized carbons (Fsp3) is 0.500. The van der Waals surface area contributed by atoms with E-state index in [1.807, 2.05) is 0 Å². The van der Waals surface area contributed by atoms with E-state index in [1.165, 1.54) is 36.2 Å². The molecule has 1 aromatic carbocycles. The second-order valence-corrected chi connectivity index (χ2v) is 5.21. The summed E-state index contributed by atoms with van der Waals surface area (Å²) in [6.07, 6.45) is -0.517. The van der Waals surface area contributed by atoms with E-state index in [0.29, 0.717) is 5.56 Å². The van der Waals surface area contributed by atoms with Gasteiger partial charge in [0.15, 0.2) is 0 Å². The number of likely N-dealkylation sites (N-methyl/N-ethyl adjacent to an activating group) is 1.